The fraction of sp³-hybridized carbons (Fsp3) is 0.556. The average Bonchev–Trinajstić information content (AvgIpc) is 3.11. The van der Waals surface area contributed by atoms with E-state index in [4.69, 9.17) is 11.6 Å². The number of aromatic nitrogens is 4. The molecule has 0 radical (unpaired) electrons. The summed E-state index contributed by atoms with van der Waals surface area (Å²) >= 11 is 5.88. The number of nitrogens with zero attached hydrogens (tertiary/aromatic N) is 4. The van der Waals surface area contributed by atoms with Crippen LogP contribution in [0, 0.1) is 5.92 Å². The molecule has 1 aliphatic rings. The molecule has 1 atom stereocenters. The Morgan fingerprint density at radius 3 is 2.69 bits per heavy atom. The Morgan fingerprint density at radius 1 is 1.27 bits per heavy atom. The highest BCUT2D eigenvalue weighted by Crippen LogP contribution is 2.27. The number of aliphatic hydroxyl groups excluding tert-OH is 1. The lowest BCUT2D eigenvalue weighted by Gasteiger charge is -2.30. The minimum absolute atomic E-state index is 0.00653. The van der Waals surface area contributed by atoms with Crippen LogP contribution in [0.1, 0.15) is 38.5 Å². The maximum atomic E-state index is 12.4. The Morgan fingerprint density at radius 2 is 2.00 bits per heavy atom. The third-order valence-corrected chi connectivity index (χ3v) is 5.10. The van der Waals surface area contributed by atoms with Crippen LogP contribution in [0.2, 0.25) is 5.02 Å². The van der Waals surface area contributed by atoms with Crippen molar-refractivity contribution in [2.24, 2.45) is 5.92 Å². The Labute approximate surface area is 157 Å². The standard InChI is InChI=1S/C18H24ClN5O2/c19-15-8-6-14(7-9-15)18-21-23-24(22-18)12-17(26)20-16(10-11-25)13-4-2-1-3-5-13/h6-9,13,16,25H,1-5,10-12H2,(H,20,26). The summed E-state index contributed by atoms with van der Waals surface area (Å²) in [5, 5.41) is 25.2. The quantitative estimate of drug-likeness (QED) is 0.773. The van der Waals surface area contributed by atoms with E-state index in [9.17, 15) is 9.90 Å². The fourth-order valence-electron chi connectivity index (χ4n) is 3.51. The van der Waals surface area contributed by atoms with Crippen molar-refractivity contribution in [2.75, 3.05) is 6.61 Å². The SMILES string of the molecule is O=C(Cn1nnc(-c2ccc(Cl)cc2)n1)NC(CCO)C1CCCCC1. The maximum absolute atomic E-state index is 12.4. The van der Waals surface area contributed by atoms with E-state index in [0.29, 0.717) is 23.2 Å². The fourth-order valence-corrected chi connectivity index (χ4v) is 3.63. The van der Waals surface area contributed by atoms with E-state index in [1.165, 1.54) is 24.1 Å². The Balaban J connectivity index is 1.59. The van der Waals surface area contributed by atoms with Crippen molar-refractivity contribution in [3.63, 3.8) is 0 Å². The van der Waals surface area contributed by atoms with Crippen molar-refractivity contribution < 1.29 is 9.90 Å². The summed E-state index contributed by atoms with van der Waals surface area (Å²) < 4.78 is 0. The van der Waals surface area contributed by atoms with Crippen molar-refractivity contribution in [1.82, 2.24) is 25.5 Å². The van der Waals surface area contributed by atoms with E-state index < -0.39 is 0 Å². The number of nitrogens with one attached hydrogen (secondary N) is 1. The molecule has 1 aliphatic carbocycles. The van der Waals surface area contributed by atoms with Crippen LogP contribution in [0.5, 0.6) is 0 Å². The summed E-state index contributed by atoms with van der Waals surface area (Å²) in [4.78, 5) is 13.7. The first kappa shape index (κ1) is 18.8. The summed E-state index contributed by atoms with van der Waals surface area (Å²) in [6.07, 6.45) is 6.43. The molecule has 26 heavy (non-hydrogen) atoms. The van der Waals surface area contributed by atoms with E-state index >= 15 is 0 Å². The molecule has 1 aromatic carbocycles. The van der Waals surface area contributed by atoms with E-state index in [1.807, 2.05) is 12.1 Å². The minimum Gasteiger partial charge on any atom is -0.396 e. The van der Waals surface area contributed by atoms with Crippen LogP contribution < -0.4 is 5.32 Å². The first-order valence-electron chi connectivity index (χ1n) is 9.09. The Bertz CT molecular complexity index is 713. The highest BCUT2D eigenvalue weighted by atomic mass is 35.5. The molecule has 0 saturated heterocycles. The lowest BCUT2D eigenvalue weighted by molar-refractivity contribution is -0.123. The molecule has 1 fully saturated rings. The van der Waals surface area contributed by atoms with E-state index in [-0.39, 0.29) is 25.1 Å². The van der Waals surface area contributed by atoms with E-state index in [0.717, 1.165) is 18.4 Å². The zero-order chi connectivity index (χ0) is 18.4. The molecular formula is C18H24ClN5O2. The second kappa shape index (κ2) is 9.09. The zero-order valence-corrected chi connectivity index (χ0v) is 15.4. The molecule has 1 saturated carbocycles. The van der Waals surface area contributed by atoms with Gasteiger partial charge >= 0.3 is 0 Å². The van der Waals surface area contributed by atoms with E-state index in [1.54, 1.807) is 12.1 Å². The molecule has 0 bridgehead atoms. The number of amides is 1. The summed E-state index contributed by atoms with van der Waals surface area (Å²) in [5.41, 5.74) is 0.793. The number of rotatable bonds is 7. The van der Waals surface area contributed by atoms with Gasteiger partial charge in [-0.3, -0.25) is 4.79 Å². The van der Waals surface area contributed by atoms with Gasteiger partial charge in [0.05, 0.1) is 0 Å². The number of hydrogen-bond donors (Lipinski definition) is 2. The van der Waals surface area contributed by atoms with Crippen LogP contribution in [-0.2, 0) is 11.3 Å². The molecule has 1 unspecified atom stereocenters. The number of carbonyl (C=O) groups excluding carboxylic acids is 1. The predicted molar refractivity (Wildman–Crippen MR) is 98.5 cm³/mol. The largest absolute Gasteiger partial charge is 0.396 e. The molecule has 8 heteroatoms. The van der Waals surface area contributed by atoms with Crippen molar-refractivity contribution in [3.05, 3.63) is 29.3 Å². The minimum atomic E-state index is -0.158. The second-order valence-corrected chi connectivity index (χ2v) is 7.17. The number of hydrogen-bond acceptors (Lipinski definition) is 5. The molecule has 3 rings (SSSR count). The Kier molecular flexibility index (Phi) is 6.57. The average molecular weight is 378 g/mol. The van der Waals surface area contributed by atoms with Gasteiger partial charge in [0.25, 0.3) is 0 Å². The molecule has 1 aromatic heterocycles. The monoisotopic (exact) mass is 377 g/mol. The summed E-state index contributed by atoms with van der Waals surface area (Å²) in [7, 11) is 0. The molecule has 7 nitrogen and oxygen atoms in total. The van der Waals surface area contributed by atoms with Gasteiger partial charge in [0, 0.05) is 23.2 Å². The van der Waals surface area contributed by atoms with Crippen LogP contribution >= 0.6 is 11.6 Å². The Hall–Kier alpha value is -1.99. The topological polar surface area (TPSA) is 92.9 Å². The third kappa shape index (κ3) is 5.02. The zero-order valence-electron chi connectivity index (χ0n) is 14.6. The van der Waals surface area contributed by atoms with Crippen molar-refractivity contribution >= 4 is 17.5 Å². The van der Waals surface area contributed by atoms with Gasteiger partial charge in [0.15, 0.2) is 0 Å². The highest BCUT2D eigenvalue weighted by Gasteiger charge is 2.25. The second-order valence-electron chi connectivity index (χ2n) is 6.73. The highest BCUT2D eigenvalue weighted by molar-refractivity contribution is 6.30. The summed E-state index contributed by atoms with van der Waals surface area (Å²) in [6, 6.07) is 7.14. The molecule has 1 amide bonds. The number of benzene rings is 1. The number of halogens is 1. The number of aliphatic hydroxyl groups is 1. The van der Waals surface area contributed by atoms with Gasteiger partial charge in [-0.15, -0.1) is 10.2 Å². The van der Waals surface area contributed by atoms with Crippen LogP contribution in [0.3, 0.4) is 0 Å². The maximum Gasteiger partial charge on any atom is 0.243 e. The van der Waals surface area contributed by atoms with E-state index in [2.05, 4.69) is 20.7 Å². The summed E-state index contributed by atoms with van der Waals surface area (Å²) in [5.74, 6) is 0.732. The van der Waals surface area contributed by atoms with Crippen molar-refractivity contribution in [3.8, 4) is 11.4 Å². The molecule has 2 N–H and O–H groups in total. The molecule has 2 aromatic rings. The van der Waals surface area contributed by atoms with Gasteiger partial charge in [-0.2, -0.15) is 4.80 Å². The van der Waals surface area contributed by atoms with Crippen LogP contribution in [0.4, 0.5) is 0 Å². The molecule has 1 heterocycles. The summed E-state index contributed by atoms with van der Waals surface area (Å²) in [6.45, 7) is 0.0823. The lowest BCUT2D eigenvalue weighted by Crippen LogP contribution is -2.43. The number of carbonyl (C=O) groups is 1. The van der Waals surface area contributed by atoms with Crippen molar-refractivity contribution in [1.29, 1.82) is 0 Å². The van der Waals surface area contributed by atoms with Gasteiger partial charge < -0.3 is 10.4 Å². The lowest BCUT2D eigenvalue weighted by atomic mass is 9.82. The normalized spacial score (nSPS) is 16.4. The van der Waals surface area contributed by atoms with Crippen molar-refractivity contribution in [2.45, 2.75) is 51.1 Å². The molecular weight excluding hydrogens is 354 g/mol. The van der Waals surface area contributed by atoms with Gasteiger partial charge in [-0.25, -0.2) is 0 Å². The smallest absolute Gasteiger partial charge is 0.243 e. The molecule has 0 aliphatic heterocycles. The van der Waals surface area contributed by atoms with Gasteiger partial charge in [-0.05, 0) is 54.7 Å². The van der Waals surface area contributed by atoms with Crippen LogP contribution in [0.25, 0.3) is 11.4 Å². The van der Waals surface area contributed by atoms with Gasteiger partial charge in [-0.1, -0.05) is 30.9 Å². The first-order valence-corrected chi connectivity index (χ1v) is 9.47. The van der Waals surface area contributed by atoms with Crippen LogP contribution in [0.15, 0.2) is 24.3 Å². The first-order chi connectivity index (χ1) is 12.7. The number of tetrazole rings is 1. The van der Waals surface area contributed by atoms with Crippen LogP contribution in [-0.4, -0.2) is 43.9 Å². The van der Waals surface area contributed by atoms with Gasteiger partial charge in [0.1, 0.15) is 6.54 Å². The van der Waals surface area contributed by atoms with Gasteiger partial charge in [0.2, 0.25) is 11.7 Å². The third-order valence-electron chi connectivity index (χ3n) is 4.85. The predicted octanol–water partition coefficient (Wildman–Crippen LogP) is 2.44. The molecule has 0 spiro atoms. The molecule has 140 valence electrons.